The molecule has 0 saturated heterocycles. The van der Waals surface area contributed by atoms with Crippen molar-refractivity contribution >= 4 is 5.97 Å². The summed E-state index contributed by atoms with van der Waals surface area (Å²) in [5.74, 6) is 1.60. The van der Waals surface area contributed by atoms with E-state index in [1.165, 1.54) is 11.1 Å². The first-order valence-corrected chi connectivity index (χ1v) is 11.7. The fourth-order valence-corrected chi connectivity index (χ4v) is 4.68. The molecule has 3 aromatic carbocycles. The third kappa shape index (κ3) is 4.74. The molecule has 1 atom stereocenters. The zero-order valence-corrected chi connectivity index (χ0v) is 19.2. The number of oxazole rings is 1. The van der Waals surface area contributed by atoms with Gasteiger partial charge in [0.1, 0.15) is 11.5 Å². The van der Waals surface area contributed by atoms with E-state index in [9.17, 15) is 4.79 Å². The summed E-state index contributed by atoms with van der Waals surface area (Å²) < 4.78 is 11.9. The van der Waals surface area contributed by atoms with E-state index in [1.54, 1.807) is 0 Å². The number of rotatable bonds is 8. The maximum absolute atomic E-state index is 11.1. The summed E-state index contributed by atoms with van der Waals surface area (Å²) in [5, 5.41) is 9.10. The molecular weight excluding hydrogens is 426 g/mol. The molecule has 4 aromatic rings. The van der Waals surface area contributed by atoms with E-state index in [0.717, 1.165) is 46.7 Å². The summed E-state index contributed by atoms with van der Waals surface area (Å²) in [7, 11) is 0. The number of carboxylic acids is 1. The summed E-state index contributed by atoms with van der Waals surface area (Å²) in [6.45, 7) is 2.43. The molecule has 172 valence electrons. The van der Waals surface area contributed by atoms with Gasteiger partial charge in [0.05, 0.1) is 18.7 Å². The minimum atomic E-state index is -0.743. The SMILES string of the molecule is Cc1oc(-c2ccc(-c3ccccc3)cc2)nc1CCOc1ccc2c(c1)CCC2CC(=O)O. The lowest BCUT2D eigenvalue weighted by molar-refractivity contribution is -0.137. The van der Waals surface area contributed by atoms with Gasteiger partial charge in [-0.05, 0) is 72.2 Å². The van der Waals surface area contributed by atoms with Crippen LogP contribution in [0.15, 0.2) is 77.2 Å². The fourth-order valence-electron chi connectivity index (χ4n) is 4.68. The number of carbonyl (C=O) groups is 1. The number of aliphatic carboxylic acids is 1. The Morgan fingerprint density at radius 2 is 1.76 bits per heavy atom. The van der Waals surface area contributed by atoms with Gasteiger partial charge in [0.2, 0.25) is 5.89 Å². The number of hydrogen-bond acceptors (Lipinski definition) is 4. The lowest BCUT2D eigenvalue weighted by Crippen LogP contribution is -2.04. The number of hydrogen-bond donors (Lipinski definition) is 1. The van der Waals surface area contributed by atoms with Crippen molar-refractivity contribution in [2.24, 2.45) is 0 Å². The highest BCUT2D eigenvalue weighted by atomic mass is 16.5. The van der Waals surface area contributed by atoms with E-state index in [2.05, 4.69) is 24.3 Å². The average Bonchev–Trinajstić information content (AvgIpc) is 3.42. The van der Waals surface area contributed by atoms with E-state index in [4.69, 9.17) is 19.2 Å². The molecular formula is C29H27NO4. The van der Waals surface area contributed by atoms with Crippen LogP contribution in [0.1, 0.15) is 41.3 Å². The zero-order valence-electron chi connectivity index (χ0n) is 19.2. The topological polar surface area (TPSA) is 72.6 Å². The van der Waals surface area contributed by atoms with Crippen LogP contribution in [0.2, 0.25) is 0 Å². The van der Waals surface area contributed by atoms with Crippen LogP contribution in [0.5, 0.6) is 5.75 Å². The molecule has 5 rings (SSSR count). The molecule has 0 fully saturated rings. The summed E-state index contributed by atoms with van der Waals surface area (Å²) in [5.41, 5.74) is 6.52. The van der Waals surface area contributed by atoms with Crippen molar-refractivity contribution in [1.82, 2.24) is 4.98 Å². The zero-order chi connectivity index (χ0) is 23.5. The van der Waals surface area contributed by atoms with Gasteiger partial charge in [0, 0.05) is 12.0 Å². The van der Waals surface area contributed by atoms with E-state index < -0.39 is 5.97 Å². The Bertz CT molecular complexity index is 1290. The predicted molar refractivity (Wildman–Crippen MR) is 131 cm³/mol. The van der Waals surface area contributed by atoms with Crippen molar-refractivity contribution in [1.29, 1.82) is 0 Å². The highest BCUT2D eigenvalue weighted by Crippen LogP contribution is 2.37. The van der Waals surface area contributed by atoms with Crippen LogP contribution in [0.3, 0.4) is 0 Å². The second-order valence-corrected chi connectivity index (χ2v) is 8.76. The van der Waals surface area contributed by atoms with Crippen molar-refractivity contribution in [3.05, 3.63) is 95.4 Å². The minimum Gasteiger partial charge on any atom is -0.493 e. The first-order valence-electron chi connectivity index (χ1n) is 11.7. The van der Waals surface area contributed by atoms with Crippen molar-refractivity contribution in [2.75, 3.05) is 6.61 Å². The molecule has 5 heteroatoms. The molecule has 0 radical (unpaired) electrons. The van der Waals surface area contributed by atoms with E-state index in [1.807, 2.05) is 55.5 Å². The summed E-state index contributed by atoms with van der Waals surface area (Å²) in [4.78, 5) is 15.8. The van der Waals surface area contributed by atoms with Gasteiger partial charge in [-0.1, -0.05) is 48.5 Å². The highest BCUT2D eigenvalue weighted by molar-refractivity contribution is 5.69. The smallest absolute Gasteiger partial charge is 0.303 e. The Hall–Kier alpha value is -3.86. The highest BCUT2D eigenvalue weighted by Gasteiger charge is 2.25. The van der Waals surface area contributed by atoms with Gasteiger partial charge in [-0.2, -0.15) is 0 Å². The molecule has 1 heterocycles. The Balaban J connectivity index is 1.21. The Labute approximate surface area is 199 Å². The normalized spacial score (nSPS) is 14.7. The lowest BCUT2D eigenvalue weighted by atomic mass is 9.98. The molecule has 0 aliphatic heterocycles. The number of benzene rings is 3. The number of nitrogens with zero attached hydrogens (tertiary/aromatic N) is 1. The summed E-state index contributed by atoms with van der Waals surface area (Å²) in [6.07, 6.45) is 2.63. The Morgan fingerprint density at radius 1 is 1.03 bits per heavy atom. The van der Waals surface area contributed by atoms with Gasteiger partial charge in [0.15, 0.2) is 0 Å². The minimum absolute atomic E-state index is 0.111. The number of aryl methyl sites for hydroxylation is 2. The maximum atomic E-state index is 11.1. The number of aromatic nitrogens is 1. The number of ether oxygens (including phenoxy) is 1. The predicted octanol–water partition coefficient (Wildman–Crippen LogP) is 6.44. The van der Waals surface area contributed by atoms with Crippen LogP contribution in [0.4, 0.5) is 0 Å². The molecule has 1 N–H and O–H groups in total. The van der Waals surface area contributed by atoms with E-state index in [0.29, 0.717) is 18.9 Å². The monoisotopic (exact) mass is 453 g/mol. The molecule has 5 nitrogen and oxygen atoms in total. The van der Waals surface area contributed by atoms with E-state index >= 15 is 0 Å². The maximum Gasteiger partial charge on any atom is 0.303 e. The molecule has 0 bridgehead atoms. The van der Waals surface area contributed by atoms with Gasteiger partial charge < -0.3 is 14.3 Å². The second-order valence-electron chi connectivity index (χ2n) is 8.76. The molecule has 0 saturated carbocycles. The molecule has 1 unspecified atom stereocenters. The van der Waals surface area contributed by atoms with Crippen LogP contribution < -0.4 is 4.74 Å². The van der Waals surface area contributed by atoms with Crippen molar-refractivity contribution in [3.8, 4) is 28.3 Å². The molecule has 1 aliphatic carbocycles. The van der Waals surface area contributed by atoms with Crippen molar-refractivity contribution < 1.29 is 19.1 Å². The second kappa shape index (κ2) is 9.56. The molecule has 1 aromatic heterocycles. The van der Waals surface area contributed by atoms with Gasteiger partial charge in [0.25, 0.3) is 0 Å². The van der Waals surface area contributed by atoms with Crippen LogP contribution in [-0.4, -0.2) is 22.7 Å². The Morgan fingerprint density at radius 3 is 2.53 bits per heavy atom. The molecule has 0 amide bonds. The average molecular weight is 454 g/mol. The van der Waals surface area contributed by atoms with Gasteiger partial charge in [-0.15, -0.1) is 0 Å². The summed E-state index contributed by atoms with van der Waals surface area (Å²) >= 11 is 0. The first-order chi connectivity index (χ1) is 16.6. The Kier molecular flexibility index (Phi) is 6.17. The van der Waals surface area contributed by atoms with Gasteiger partial charge in [-0.3, -0.25) is 4.79 Å². The summed E-state index contributed by atoms with van der Waals surface area (Å²) in [6, 6.07) is 24.5. The standard InChI is InChI=1S/C29H27NO4/c1-19-27(15-16-33-25-13-14-26-23(17-25)11-12-24(26)18-28(31)32)30-29(34-19)22-9-7-21(8-10-22)20-5-3-2-4-6-20/h2-10,13-14,17,24H,11-12,15-16,18H2,1H3,(H,31,32). The molecule has 0 spiro atoms. The van der Waals surface area contributed by atoms with Gasteiger partial charge >= 0.3 is 5.97 Å². The fraction of sp³-hybridized carbons (Fsp3) is 0.241. The van der Waals surface area contributed by atoms with Crippen molar-refractivity contribution in [2.45, 2.75) is 38.5 Å². The third-order valence-electron chi connectivity index (χ3n) is 6.48. The first kappa shape index (κ1) is 22.0. The van der Waals surface area contributed by atoms with Crippen LogP contribution in [-0.2, 0) is 17.6 Å². The van der Waals surface area contributed by atoms with Crippen molar-refractivity contribution in [3.63, 3.8) is 0 Å². The largest absolute Gasteiger partial charge is 0.493 e. The molecule has 1 aliphatic rings. The molecule has 34 heavy (non-hydrogen) atoms. The quantitative estimate of drug-likeness (QED) is 0.332. The van der Waals surface area contributed by atoms with Crippen LogP contribution in [0.25, 0.3) is 22.6 Å². The van der Waals surface area contributed by atoms with Crippen LogP contribution >= 0.6 is 0 Å². The van der Waals surface area contributed by atoms with E-state index in [-0.39, 0.29) is 12.3 Å². The lowest BCUT2D eigenvalue weighted by Gasteiger charge is -2.10. The van der Waals surface area contributed by atoms with Gasteiger partial charge in [-0.25, -0.2) is 4.98 Å². The third-order valence-corrected chi connectivity index (χ3v) is 6.48. The number of carboxylic acid groups (broad SMARTS) is 1. The van der Waals surface area contributed by atoms with Crippen LogP contribution in [0, 0.1) is 6.92 Å². The number of fused-ring (bicyclic) bond motifs is 1.